The lowest BCUT2D eigenvalue weighted by Crippen LogP contribution is -2.49. The van der Waals surface area contributed by atoms with Crippen LogP contribution >= 0.6 is 15.9 Å². The maximum atomic E-state index is 13.8. The Hall–Kier alpha value is -3.84. The number of aromatic nitrogens is 2. The highest BCUT2D eigenvalue weighted by molar-refractivity contribution is 9.09. The number of aliphatic carboxylic acids is 1. The Kier molecular flexibility index (Phi) is 8.72. The second-order valence-electron chi connectivity index (χ2n) is 7.58. The molecule has 0 radical (unpaired) electrons. The summed E-state index contributed by atoms with van der Waals surface area (Å²) in [5.74, 6) is -3.43. The van der Waals surface area contributed by atoms with Crippen molar-refractivity contribution in [3.8, 4) is 0 Å². The summed E-state index contributed by atoms with van der Waals surface area (Å²) in [5, 5.41) is 9.08. The molecule has 0 aliphatic carbocycles. The van der Waals surface area contributed by atoms with E-state index in [4.69, 9.17) is 19.3 Å². The standard InChI is InChI=1S/C23H22BrN3O9/c1-12(28)34-11-16-18(24)19(35-13(2)29)22(36-16)27(21(32)14-6-4-3-5-7-14)20-15(8-9-17(30)31)10-25-23(33)26-20/h3-10,16,18-19,22H,11H2,1-2H3,(H,30,31)(H,25,26,33)/t16-,18+,19-,22-/m1/s1. The fourth-order valence-corrected chi connectivity index (χ4v) is 4.13. The predicted octanol–water partition coefficient (Wildman–Crippen LogP) is 1.50. The molecule has 36 heavy (non-hydrogen) atoms. The monoisotopic (exact) mass is 563 g/mol. The van der Waals surface area contributed by atoms with Crippen molar-refractivity contribution in [2.75, 3.05) is 11.5 Å². The molecule has 1 fully saturated rings. The van der Waals surface area contributed by atoms with Gasteiger partial charge in [0, 0.05) is 37.2 Å². The van der Waals surface area contributed by atoms with Crippen molar-refractivity contribution in [1.29, 1.82) is 0 Å². The van der Waals surface area contributed by atoms with E-state index in [-0.39, 0.29) is 23.6 Å². The maximum absolute atomic E-state index is 13.8. The second kappa shape index (κ2) is 11.7. The molecule has 2 aromatic rings. The highest BCUT2D eigenvalue weighted by atomic mass is 79.9. The zero-order valence-corrected chi connectivity index (χ0v) is 20.7. The number of H-pyrrole nitrogens is 1. The van der Waals surface area contributed by atoms with Crippen LogP contribution in [-0.2, 0) is 28.6 Å². The summed E-state index contributed by atoms with van der Waals surface area (Å²) in [6.07, 6.45) is -0.170. The summed E-state index contributed by atoms with van der Waals surface area (Å²) in [6.45, 7) is 2.17. The van der Waals surface area contributed by atoms with E-state index < -0.39 is 52.8 Å². The molecule has 1 aromatic carbocycles. The van der Waals surface area contributed by atoms with E-state index >= 15 is 0 Å². The van der Waals surface area contributed by atoms with Gasteiger partial charge < -0.3 is 24.3 Å². The summed E-state index contributed by atoms with van der Waals surface area (Å²) in [5.41, 5.74) is -0.564. The number of carboxylic acid groups (broad SMARTS) is 1. The smallest absolute Gasteiger partial charge is 0.346 e. The minimum atomic E-state index is -1.34. The molecule has 1 amide bonds. The summed E-state index contributed by atoms with van der Waals surface area (Å²) in [4.78, 5) is 66.9. The third-order valence-corrected chi connectivity index (χ3v) is 6.07. The first-order valence-corrected chi connectivity index (χ1v) is 11.5. The second-order valence-corrected chi connectivity index (χ2v) is 8.64. The Labute approximate surface area is 213 Å². The summed E-state index contributed by atoms with van der Waals surface area (Å²) in [7, 11) is 0. The van der Waals surface area contributed by atoms with Crippen LogP contribution in [0.2, 0.25) is 0 Å². The number of anilines is 1. The molecule has 190 valence electrons. The molecule has 2 heterocycles. The number of benzene rings is 1. The Morgan fingerprint density at radius 3 is 2.50 bits per heavy atom. The van der Waals surface area contributed by atoms with Crippen molar-refractivity contribution >= 4 is 51.6 Å². The SMILES string of the molecule is CC(=O)OC[C@H]1O[C@@H](N(C(=O)c2ccccc2)c2nc(=O)[nH]cc2C=CC(=O)O)[C@H](OC(C)=O)[C@H]1Br. The van der Waals surface area contributed by atoms with Gasteiger partial charge in [0.05, 0.1) is 4.83 Å². The van der Waals surface area contributed by atoms with Gasteiger partial charge in [0.2, 0.25) is 0 Å². The number of carbonyl (C=O) groups is 4. The van der Waals surface area contributed by atoms with E-state index in [9.17, 15) is 24.0 Å². The first-order chi connectivity index (χ1) is 17.1. The van der Waals surface area contributed by atoms with Crippen LogP contribution < -0.4 is 10.6 Å². The minimum Gasteiger partial charge on any atom is -0.478 e. The van der Waals surface area contributed by atoms with Crippen molar-refractivity contribution < 1.29 is 38.5 Å². The van der Waals surface area contributed by atoms with E-state index in [0.717, 1.165) is 17.1 Å². The molecule has 13 heteroatoms. The van der Waals surface area contributed by atoms with Crippen LogP contribution in [0.5, 0.6) is 0 Å². The molecule has 1 saturated heterocycles. The highest BCUT2D eigenvalue weighted by Gasteiger charge is 2.51. The molecule has 0 saturated carbocycles. The largest absolute Gasteiger partial charge is 0.478 e. The molecular formula is C23H22BrN3O9. The van der Waals surface area contributed by atoms with Gasteiger partial charge in [-0.05, 0) is 18.2 Å². The van der Waals surface area contributed by atoms with Crippen LogP contribution in [0.15, 0.2) is 47.4 Å². The number of ether oxygens (including phenoxy) is 3. The molecule has 2 N–H and O–H groups in total. The van der Waals surface area contributed by atoms with Gasteiger partial charge in [0.1, 0.15) is 12.7 Å². The molecule has 1 aromatic heterocycles. The Morgan fingerprint density at radius 2 is 1.89 bits per heavy atom. The summed E-state index contributed by atoms with van der Waals surface area (Å²) in [6, 6.07) is 7.99. The lowest BCUT2D eigenvalue weighted by Gasteiger charge is -2.32. The average Bonchev–Trinajstić information content (AvgIpc) is 3.12. The number of aromatic amines is 1. The maximum Gasteiger partial charge on any atom is 0.346 e. The molecule has 1 aliphatic heterocycles. The van der Waals surface area contributed by atoms with Crippen molar-refractivity contribution in [1.82, 2.24) is 9.97 Å². The topological polar surface area (TPSA) is 165 Å². The molecule has 12 nitrogen and oxygen atoms in total. The predicted molar refractivity (Wildman–Crippen MR) is 128 cm³/mol. The molecule has 0 spiro atoms. The van der Waals surface area contributed by atoms with E-state index in [1.54, 1.807) is 18.2 Å². The van der Waals surface area contributed by atoms with Crippen LogP contribution in [0.3, 0.4) is 0 Å². The average molecular weight is 564 g/mol. The van der Waals surface area contributed by atoms with Crippen molar-refractivity contribution in [3.05, 3.63) is 64.2 Å². The fraction of sp³-hybridized carbons (Fsp3) is 0.304. The number of nitrogens with zero attached hydrogens (tertiary/aromatic N) is 2. The molecule has 3 rings (SSSR count). The number of esters is 2. The Balaban J connectivity index is 2.17. The van der Waals surface area contributed by atoms with Gasteiger partial charge in [-0.2, -0.15) is 4.98 Å². The van der Waals surface area contributed by atoms with E-state index in [2.05, 4.69) is 25.9 Å². The number of hydrogen-bond acceptors (Lipinski definition) is 9. The quantitative estimate of drug-likeness (QED) is 0.273. The van der Waals surface area contributed by atoms with Gasteiger partial charge in [0.25, 0.3) is 5.91 Å². The van der Waals surface area contributed by atoms with Crippen molar-refractivity contribution in [2.24, 2.45) is 0 Å². The van der Waals surface area contributed by atoms with Crippen LogP contribution in [0.1, 0.15) is 29.8 Å². The van der Waals surface area contributed by atoms with E-state index in [1.165, 1.54) is 32.2 Å². The number of rotatable bonds is 8. The van der Waals surface area contributed by atoms with Gasteiger partial charge in [0.15, 0.2) is 18.1 Å². The van der Waals surface area contributed by atoms with Gasteiger partial charge >= 0.3 is 23.6 Å². The molecule has 4 atom stereocenters. The Morgan fingerprint density at radius 1 is 1.19 bits per heavy atom. The number of carbonyl (C=O) groups excluding carboxylic acids is 3. The molecule has 0 bridgehead atoms. The fourth-order valence-electron chi connectivity index (χ4n) is 3.48. The first kappa shape index (κ1) is 26.8. The van der Waals surface area contributed by atoms with E-state index in [1.807, 2.05) is 0 Å². The molecular weight excluding hydrogens is 542 g/mol. The lowest BCUT2D eigenvalue weighted by molar-refractivity contribution is -0.148. The van der Waals surface area contributed by atoms with E-state index in [0.29, 0.717) is 0 Å². The first-order valence-electron chi connectivity index (χ1n) is 10.6. The highest BCUT2D eigenvalue weighted by Crippen LogP contribution is 2.35. The van der Waals surface area contributed by atoms with Crippen LogP contribution in [-0.4, -0.2) is 68.8 Å². The number of amides is 1. The number of halogens is 1. The number of carboxylic acids is 1. The number of hydrogen-bond donors (Lipinski definition) is 2. The lowest BCUT2D eigenvalue weighted by atomic mass is 10.1. The normalized spacial score (nSPS) is 21.2. The molecule has 0 unspecified atom stereocenters. The molecule has 1 aliphatic rings. The zero-order valence-electron chi connectivity index (χ0n) is 19.1. The minimum absolute atomic E-state index is 0.0704. The van der Waals surface area contributed by atoms with Gasteiger partial charge in [-0.3, -0.25) is 19.3 Å². The van der Waals surface area contributed by atoms with Crippen molar-refractivity contribution in [2.45, 2.75) is 37.1 Å². The van der Waals surface area contributed by atoms with Crippen LogP contribution in [0, 0.1) is 0 Å². The number of nitrogens with one attached hydrogen (secondary N) is 1. The van der Waals surface area contributed by atoms with Gasteiger partial charge in [-0.1, -0.05) is 34.1 Å². The third-order valence-electron chi connectivity index (χ3n) is 4.96. The van der Waals surface area contributed by atoms with Crippen molar-refractivity contribution in [3.63, 3.8) is 0 Å². The summed E-state index contributed by atoms with van der Waals surface area (Å²) < 4.78 is 16.5. The zero-order chi connectivity index (χ0) is 26.4. The number of alkyl halides is 1. The Bertz CT molecular complexity index is 1230. The summed E-state index contributed by atoms with van der Waals surface area (Å²) >= 11 is 3.41. The van der Waals surface area contributed by atoms with Crippen LogP contribution in [0.25, 0.3) is 6.08 Å². The van der Waals surface area contributed by atoms with Gasteiger partial charge in [-0.15, -0.1) is 0 Å². The van der Waals surface area contributed by atoms with Gasteiger partial charge in [-0.25, -0.2) is 9.59 Å². The van der Waals surface area contributed by atoms with Crippen LogP contribution in [0.4, 0.5) is 5.82 Å². The third kappa shape index (κ3) is 6.43.